The summed E-state index contributed by atoms with van der Waals surface area (Å²) in [4.78, 5) is 23.4. The van der Waals surface area contributed by atoms with Crippen molar-refractivity contribution >= 4 is 17.6 Å². The molecule has 3 amide bonds. The second-order valence-electron chi connectivity index (χ2n) is 5.12. The molecule has 2 atom stereocenters. The Balaban J connectivity index is 2.09. The van der Waals surface area contributed by atoms with Crippen LogP contribution in [0.25, 0.3) is 0 Å². The molecular formula is C16H21N3O3. The van der Waals surface area contributed by atoms with Gasteiger partial charge in [0.1, 0.15) is 5.75 Å². The molecule has 0 bridgehead atoms. The highest BCUT2D eigenvalue weighted by molar-refractivity contribution is 5.97. The number of urea groups is 1. The second-order valence-corrected chi connectivity index (χ2v) is 5.12. The second kappa shape index (κ2) is 6.98. The van der Waals surface area contributed by atoms with Crippen molar-refractivity contribution in [1.29, 1.82) is 0 Å². The molecule has 0 unspecified atom stereocenters. The number of anilines is 1. The summed E-state index contributed by atoms with van der Waals surface area (Å²) < 4.78 is 5.70. The Kier molecular flexibility index (Phi) is 5.04. The van der Waals surface area contributed by atoms with Crippen LogP contribution in [-0.4, -0.2) is 24.6 Å². The molecule has 0 fully saturated rings. The zero-order valence-corrected chi connectivity index (χ0v) is 12.8. The van der Waals surface area contributed by atoms with E-state index in [1.54, 1.807) is 12.1 Å². The molecule has 1 heterocycles. The van der Waals surface area contributed by atoms with Crippen molar-refractivity contribution in [3.8, 4) is 5.75 Å². The van der Waals surface area contributed by atoms with E-state index in [0.717, 1.165) is 5.56 Å². The van der Waals surface area contributed by atoms with E-state index >= 15 is 0 Å². The predicted molar refractivity (Wildman–Crippen MR) is 84.9 cm³/mol. The molecule has 0 saturated carbocycles. The van der Waals surface area contributed by atoms with Crippen LogP contribution in [0.15, 0.2) is 30.9 Å². The van der Waals surface area contributed by atoms with Crippen molar-refractivity contribution in [2.45, 2.75) is 32.4 Å². The molecule has 0 aromatic heterocycles. The zero-order chi connectivity index (χ0) is 16.1. The maximum atomic E-state index is 11.7. The number of benzene rings is 1. The molecule has 6 nitrogen and oxygen atoms in total. The van der Waals surface area contributed by atoms with Crippen molar-refractivity contribution in [2.75, 3.05) is 11.9 Å². The minimum atomic E-state index is -0.470. The van der Waals surface area contributed by atoms with Crippen LogP contribution in [-0.2, 0) is 4.79 Å². The van der Waals surface area contributed by atoms with Gasteiger partial charge in [0.05, 0.1) is 11.7 Å². The van der Waals surface area contributed by atoms with Gasteiger partial charge >= 0.3 is 6.03 Å². The fraction of sp³-hybridized carbons (Fsp3) is 0.375. The number of nitrogens with one attached hydrogen (secondary N) is 3. The minimum absolute atomic E-state index is 0.127. The van der Waals surface area contributed by atoms with Gasteiger partial charge in [-0.15, -0.1) is 6.58 Å². The number of amides is 3. The number of fused-ring (bicyclic) bond motifs is 1. The van der Waals surface area contributed by atoms with Crippen LogP contribution >= 0.6 is 0 Å². The normalized spacial score (nSPS) is 17.5. The summed E-state index contributed by atoms with van der Waals surface area (Å²) >= 11 is 0. The van der Waals surface area contributed by atoms with E-state index in [-0.39, 0.29) is 18.0 Å². The summed E-state index contributed by atoms with van der Waals surface area (Å²) in [6.45, 7) is 7.74. The molecular weight excluding hydrogens is 282 g/mol. The Hall–Kier alpha value is -2.50. The van der Waals surface area contributed by atoms with E-state index < -0.39 is 6.10 Å². The summed E-state index contributed by atoms with van der Waals surface area (Å²) in [5.41, 5.74) is 1.56. The van der Waals surface area contributed by atoms with Gasteiger partial charge in [-0.3, -0.25) is 4.79 Å². The topological polar surface area (TPSA) is 79.5 Å². The van der Waals surface area contributed by atoms with Crippen LogP contribution in [0, 0.1) is 0 Å². The summed E-state index contributed by atoms with van der Waals surface area (Å²) in [5, 5.41) is 8.31. The van der Waals surface area contributed by atoms with E-state index in [9.17, 15) is 9.59 Å². The van der Waals surface area contributed by atoms with E-state index in [2.05, 4.69) is 22.5 Å². The third-order valence-electron chi connectivity index (χ3n) is 3.45. The Morgan fingerprint density at radius 3 is 3.00 bits per heavy atom. The number of rotatable bonds is 5. The van der Waals surface area contributed by atoms with Crippen LogP contribution in [0.5, 0.6) is 5.75 Å². The molecule has 0 saturated heterocycles. The van der Waals surface area contributed by atoms with Crippen LogP contribution in [0.3, 0.4) is 0 Å². The third-order valence-corrected chi connectivity index (χ3v) is 3.45. The molecule has 22 heavy (non-hydrogen) atoms. The minimum Gasteiger partial charge on any atom is -0.478 e. The van der Waals surface area contributed by atoms with Crippen LogP contribution in [0.1, 0.15) is 31.9 Å². The average Bonchev–Trinajstić information content (AvgIpc) is 2.51. The Morgan fingerprint density at radius 2 is 2.32 bits per heavy atom. The van der Waals surface area contributed by atoms with Crippen molar-refractivity contribution in [2.24, 2.45) is 0 Å². The van der Waals surface area contributed by atoms with Crippen LogP contribution in [0.2, 0.25) is 0 Å². The first-order valence-electron chi connectivity index (χ1n) is 7.31. The molecule has 118 valence electrons. The molecule has 1 aliphatic rings. The average molecular weight is 303 g/mol. The first-order chi connectivity index (χ1) is 10.5. The van der Waals surface area contributed by atoms with Crippen molar-refractivity contribution in [3.05, 3.63) is 36.4 Å². The molecule has 1 aromatic carbocycles. The molecule has 1 aliphatic heterocycles. The standard InChI is InChI=1S/C16H21N3O3/c1-4-8-17-16(21)18-10(3)11-6-7-12-14(9-11)22-13(5-2)15(20)19-12/h4,6-7,9-10,13H,1,5,8H2,2-3H3,(H,19,20)(H2,17,18,21)/t10-,13-/m0/s1. The maximum Gasteiger partial charge on any atom is 0.315 e. The number of hydrogen-bond acceptors (Lipinski definition) is 3. The molecule has 2 rings (SSSR count). The van der Waals surface area contributed by atoms with Gasteiger partial charge in [-0.25, -0.2) is 4.79 Å². The molecule has 6 heteroatoms. The van der Waals surface area contributed by atoms with E-state index in [0.29, 0.717) is 24.4 Å². The summed E-state index contributed by atoms with van der Waals surface area (Å²) in [7, 11) is 0. The van der Waals surface area contributed by atoms with Crippen LogP contribution < -0.4 is 20.7 Å². The van der Waals surface area contributed by atoms with Crippen LogP contribution in [0.4, 0.5) is 10.5 Å². The van der Waals surface area contributed by atoms with E-state index in [4.69, 9.17) is 4.74 Å². The van der Waals surface area contributed by atoms with Gasteiger partial charge in [0.15, 0.2) is 6.10 Å². The number of hydrogen-bond donors (Lipinski definition) is 3. The summed E-state index contributed by atoms with van der Waals surface area (Å²) in [6, 6.07) is 5.04. The summed E-state index contributed by atoms with van der Waals surface area (Å²) in [5.74, 6) is 0.502. The largest absolute Gasteiger partial charge is 0.478 e. The monoisotopic (exact) mass is 303 g/mol. The highest BCUT2D eigenvalue weighted by Gasteiger charge is 2.26. The fourth-order valence-electron chi connectivity index (χ4n) is 2.19. The number of ether oxygens (including phenoxy) is 1. The Bertz CT molecular complexity index is 586. The highest BCUT2D eigenvalue weighted by Crippen LogP contribution is 2.32. The van der Waals surface area contributed by atoms with Gasteiger partial charge in [-0.05, 0) is 31.0 Å². The summed E-state index contributed by atoms with van der Waals surface area (Å²) in [6.07, 6.45) is 1.75. The Labute approximate surface area is 129 Å². The Morgan fingerprint density at radius 1 is 1.55 bits per heavy atom. The van der Waals surface area contributed by atoms with Crippen molar-refractivity contribution in [3.63, 3.8) is 0 Å². The molecule has 1 aromatic rings. The fourth-order valence-corrected chi connectivity index (χ4v) is 2.19. The SMILES string of the molecule is C=CCNC(=O)N[C@@H](C)c1ccc2c(c1)O[C@@H](CC)C(=O)N2. The van der Waals surface area contributed by atoms with Crippen molar-refractivity contribution < 1.29 is 14.3 Å². The smallest absolute Gasteiger partial charge is 0.315 e. The highest BCUT2D eigenvalue weighted by atomic mass is 16.5. The first-order valence-corrected chi connectivity index (χ1v) is 7.31. The van der Waals surface area contributed by atoms with Gasteiger partial charge in [0, 0.05) is 6.54 Å². The van der Waals surface area contributed by atoms with E-state index in [1.807, 2.05) is 26.0 Å². The van der Waals surface area contributed by atoms with E-state index in [1.165, 1.54) is 0 Å². The van der Waals surface area contributed by atoms with Gasteiger partial charge < -0.3 is 20.7 Å². The van der Waals surface area contributed by atoms with Gasteiger partial charge in [-0.1, -0.05) is 19.1 Å². The lowest BCUT2D eigenvalue weighted by Gasteiger charge is -2.26. The van der Waals surface area contributed by atoms with Gasteiger partial charge in [0.2, 0.25) is 0 Å². The van der Waals surface area contributed by atoms with Gasteiger partial charge in [-0.2, -0.15) is 0 Å². The first kappa shape index (κ1) is 15.9. The lowest BCUT2D eigenvalue weighted by atomic mass is 10.1. The maximum absolute atomic E-state index is 11.7. The van der Waals surface area contributed by atoms with Crippen molar-refractivity contribution in [1.82, 2.24) is 10.6 Å². The number of carbonyl (C=O) groups is 2. The molecule has 3 N–H and O–H groups in total. The quantitative estimate of drug-likeness (QED) is 0.730. The molecule has 0 spiro atoms. The lowest BCUT2D eigenvalue weighted by molar-refractivity contribution is -0.123. The molecule has 0 aliphatic carbocycles. The van der Waals surface area contributed by atoms with Gasteiger partial charge in [0.25, 0.3) is 5.91 Å². The molecule has 0 radical (unpaired) electrons. The lowest BCUT2D eigenvalue weighted by Crippen LogP contribution is -2.37. The predicted octanol–water partition coefficient (Wildman–Crippen LogP) is 2.34. The zero-order valence-electron chi connectivity index (χ0n) is 12.8. The number of carbonyl (C=O) groups excluding carboxylic acids is 2. The third kappa shape index (κ3) is 3.58.